The van der Waals surface area contributed by atoms with Crippen molar-refractivity contribution in [3.8, 4) is 0 Å². The predicted octanol–water partition coefficient (Wildman–Crippen LogP) is 5.00. The van der Waals surface area contributed by atoms with E-state index in [1.165, 1.54) is 0 Å². The van der Waals surface area contributed by atoms with E-state index in [0.717, 1.165) is 11.3 Å². The Kier molecular flexibility index (Phi) is 5.50. The van der Waals surface area contributed by atoms with E-state index in [2.05, 4.69) is 20.9 Å². The normalized spacial score (nSPS) is 10.2. The van der Waals surface area contributed by atoms with Gasteiger partial charge in [0.2, 0.25) is 0 Å². The number of rotatable bonds is 4. The van der Waals surface area contributed by atoms with Crippen molar-refractivity contribution in [2.24, 2.45) is 0 Å². The Morgan fingerprint density at radius 2 is 1.69 bits per heavy atom. The number of amides is 3. The first-order valence-corrected chi connectivity index (χ1v) is 8.88. The van der Waals surface area contributed by atoms with Crippen molar-refractivity contribution in [3.05, 3.63) is 70.2 Å². The summed E-state index contributed by atoms with van der Waals surface area (Å²) in [6.07, 6.45) is 0. The fourth-order valence-electron chi connectivity index (χ4n) is 2.20. The van der Waals surface area contributed by atoms with Crippen molar-refractivity contribution in [3.63, 3.8) is 0 Å². The van der Waals surface area contributed by atoms with Gasteiger partial charge in [0.1, 0.15) is 4.88 Å². The first-order valence-electron chi connectivity index (χ1n) is 7.68. The molecule has 0 saturated carbocycles. The van der Waals surface area contributed by atoms with Crippen molar-refractivity contribution >= 4 is 51.4 Å². The number of hydrogen-bond donors (Lipinski definition) is 3. The quantitative estimate of drug-likeness (QED) is 0.589. The van der Waals surface area contributed by atoms with Crippen LogP contribution in [0.2, 0.25) is 5.02 Å². The van der Waals surface area contributed by atoms with E-state index in [9.17, 15) is 9.59 Å². The number of aryl methyl sites for hydroxylation is 1. The van der Waals surface area contributed by atoms with E-state index in [0.29, 0.717) is 32.1 Å². The number of benzene rings is 2. The van der Waals surface area contributed by atoms with Gasteiger partial charge in [-0.05, 0) is 37.3 Å². The van der Waals surface area contributed by atoms with Crippen LogP contribution in [-0.4, -0.2) is 16.9 Å². The van der Waals surface area contributed by atoms with Gasteiger partial charge in [0.05, 0.1) is 5.69 Å². The first kappa shape index (κ1) is 17.9. The lowest BCUT2D eigenvalue weighted by molar-refractivity contribution is 0.103. The Labute approximate surface area is 159 Å². The van der Waals surface area contributed by atoms with Gasteiger partial charge in [-0.1, -0.05) is 47.2 Å². The van der Waals surface area contributed by atoms with Gasteiger partial charge < -0.3 is 10.6 Å². The first-order chi connectivity index (χ1) is 12.5. The van der Waals surface area contributed by atoms with Crippen molar-refractivity contribution in [1.29, 1.82) is 0 Å². The van der Waals surface area contributed by atoms with E-state index >= 15 is 0 Å². The van der Waals surface area contributed by atoms with Crippen molar-refractivity contribution in [1.82, 2.24) is 4.98 Å². The third-order valence-electron chi connectivity index (χ3n) is 3.34. The maximum Gasteiger partial charge on any atom is 0.325 e. The number of halogens is 1. The molecule has 0 radical (unpaired) electrons. The monoisotopic (exact) mass is 386 g/mol. The average Bonchev–Trinajstić information content (AvgIpc) is 2.96. The molecule has 0 bridgehead atoms. The molecule has 0 spiro atoms. The average molecular weight is 387 g/mol. The molecule has 0 unspecified atom stereocenters. The Morgan fingerprint density at radius 3 is 2.42 bits per heavy atom. The molecule has 6 nitrogen and oxygen atoms in total. The highest BCUT2D eigenvalue weighted by Gasteiger charge is 2.17. The molecule has 1 aromatic heterocycles. The summed E-state index contributed by atoms with van der Waals surface area (Å²) in [5, 5.41) is 8.97. The molecule has 0 aliphatic carbocycles. The highest BCUT2D eigenvalue weighted by Crippen LogP contribution is 2.24. The smallest absolute Gasteiger partial charge is 0.321 e. The van der Waals surface area contributed by atoms with Gasteiger partial charge in [0, 0.05) is 16.4 Å². The number of carbonyl (C=O) groups excluding carboxylic acids is 2. The molecule has 3 N–H and O–H groups in total. The molecule has 8 heteroatoms. The Morgan fingerprint density at radius 1 is 0.962 bits per heavy atom. The van der Waals surface area contributed by atoms with Gasteiger partial charge in [0.25, 0.3) is 5.91 Å². The number of anilines is 3. The van der Waals surface area contributed by atoms with Crippen molar-refractivity contribution in [2.45, 2.75) is 6.92 Å². The topological polar surface area (TPSA) is 83.1 Å². The van der Waals surface area contributed by atoms with Crippen LogP contribution in [0.3, 0.4) is 0 Å². The van der Waals surface area contributed by atoms with E-state index < -0.39 is 6.03 Å². The van der Waals surface area contributed by atoms with Gasteiger partial charge >= 0.3 is 6.03 Å². The SMILES string of the molecule is Cc1nc(NC(=O)Nc2ccccc2)sc1C(=O)Nc1cccc(Cl)c1. The van der Waals surface area contributed by atoms with Gasteiger partial charge in [-0.15, -0.1) is 0 Å². The predicted molar refractivity (Wildman–Crippen MR) is 105 cm³/mol. The second kappa shape index (κ2) is 7.99. The molecular formula is C18H15ClN4O2S. The summed E-state index contributed by atoms with van der Waals surface area (Å²) >= 11 is 7.02. The van der Waals surface area contributed by atoms with E-state index in [4.69, 9.17) is 11.6 Å². The minimum Gasteiger partial charge on any atom is -0.321 e. The Bertz CT molecular complexity index is 943. The molecule has 0 aliphatic heterocycles. The fraction of sp³-hybridized carbons (Fsp3) is 0.0556. The van der Waals surface area contributed by atoms with Crippen LogP contribution in [0.15, 0.2) is 54.6 Å². The Balaban J connectivity index is 1.66. The Hall–Kier alpha value is -2.90. The van der Waals surface area contributed by atoms with Crippen molar-refractivity contribution < 1.29 is 9.59 Å². The summed E-state index contributed by atoms with van der Waals surface area (Å²) < 4.78 is 0. The van der Waals surface area contributed by atoms with Crippen LogP contribution in [-0.2, 0) is 0 Å². The van der Waals surface area contributed by atoms with Gasteiger partial charge in [-0.2, -0.15) is 0 Å². The van der Waals surface area contributed by atoms with Gasteiger partial charge in [-0.25, -0.2) is 9.78 Å². The maximum absolute atomic E-state index is 12.4. The number of hydrogen-bond acceptors (Lipinski definition) is 4. The molecule has 132 valence electrons. The van der Waals surface area contributed by atoms with E-state index in [1.807, 2.05) is 18.2 Å². The number of nitrogens with zero attached hydrogens (tertiary/aromatic N) is 1. The largest absolute Gasteiger partial charge is 0.325 e. The molecule has 0 saturated heterocycles. The molecule has 26 heavy (non-hydrogen) atoms. The van der Waals surface area contributed by atoms with Crippen LogP contribution < -0.4 is 16.0 Å². The molecule has 0 atom stereocenters. The van der Waals surface area contributed by atoms with E-state index in [-0.39, 0.29) is 5.91 Å². The zero-order chi connectivity index (χ0) is 18.5. The zero-order valence-electron chi connectivity index (χ0n) is 13.7. The molecule has 2 aromatic carbocycles. The molecular weight excluding hydrogens is 372 g/mol. The molecule has 3 aromatic rings. The third-order valence-corrected chi connectivity index (χ3v) is 4.64. The molecule has 0 aliphatic rings. The second-order valence-corrected chi connectivity index (χ2v) is 6.78. The molecule has 3 amide bonds. The number of carbonyl (C=O) groups is 2. The summed E-state index contributed by atoms with van der Waals surface area (Å²) in [5.74, 6) is -0.307. The second-order valence-electron chi connectivity index (χ2n) is 5.34. The number of para-hydroxylation sites is 1. The number of urea groups is 1. The molecule has 3 rings (SSSR count). The lowest BCUT2D eigenvalue weighted by atomic mass is 10.3. The zero-order valence-corrected chi connectivity index (χ0v) is 15.3. The third kappa shape index (κ3) is 4.59. The highest BCUT2D eigenvalue weighted by molar-refractivity contribution is 7.17. The minimum absolute atomic E-state index is 0.307. The van der Waals surface area contributed by atoms with Crippen LogP contribution in [0.4, 0.5) is 21.3 Å². The summed E-state index contributed by atoms with van der Waals surface area (Å²) in [4.78, 5) is 29.1. The van der Waals surface area contributed by atoms with Gasteiger partial charge in [-0.3, -0.25) is 10.1 Å². The summed E-state index contributed by atoms with van der Waals surface area (Å²) in [5.41, 5.74) is 1.79. The summed E-state index contributed by atoms with van der Waals surface area (Å²) in [7, 11) is 0. The fourth-order valence-corrected chi connectivity index (χ4v) is 3.24. The lowest BCUT2D eigenvalue weighted by Gasteiger charge is -2.04. The lowest BCUT2D eigenvalue weighted by Crippen LogP contribution is -2.19. The molecule has 1 heterocycles. The van der Waals surface area contributed by atoms with Crippen molar-refractivity contribution in [2.75, 3.05) is 16.0 Å². The maximum atomic E-state index is 12.4. The standard InChI is InChI=1S/C18H15ClN4O2S/c1-11-15(16(24)21-14-9-5-6-12(19)10-14)26-18(20-11)23-17(25)22-13-7-3-2-4-8-13/h2-10H,1H3,(H,21,24)(H2,20,22,23,25). The van der Waals surface area contributed by atoms with Gasteiger partial charge in [0.15, 0.2) is 5.13 Å². The minimum atomic E-state index is -0.424. The number of aromatic nitrogens is 1. The summed E-state index contributed by atoms with van der Waals surface area (Å²) in [6.45, 7) is 1.71. The van der Waals surface area contributed by atoms with Crippen LogP contribution in [0.1, 0.15) is 15.4 Å². The van der Waals surface area contributed by atoms with Crippen LogP contribution >= 0.6 is 22.9 Å². The highest BCUT2D eigenvalue weighted by atomic mass is 35.5. The van der Waals surface area contributed by atoms with Crippen LogP contribution in [0.5, 0.6) is 0 Å². The number of thiazole rings is 1. The summed E-state index contributed by atoms with van der Waals surface area (Å²) in [6, 6.07) is 15.5. The number of nitrogens with one attached hydrogen (secondary N) is 3. The van der Waals surface area contributed by atoms with E-state index in [1.54, 1.807) is 43.3 Å². The molecule has 0 fully saturated rings. The van der Waals surface area contributed by atoms with Crippen LogP contribution in [0.25, 0.3) is 0 Å². The van der Waals surface area contributed by atoms with Crippen LogP contribution in [0, 0.1) is 6.92 Å².